The van der Waals surface area contributed by atoms with Crippen molar-refractivity contribution in [3.8, 4) is 6.07 Å². The summed E-state index contributed by atoms with van der Waals surface area (Å²) in [7, 11) is 0. The van der Waals surface area contributed by atoms with Crippen LogP contribution in [0.3, 0.4) is 0 Å². The first-order chi connectivity index (χ1) is 8.31. The fourth-order valence-corrected chi connectivity index (χ4v) is 3.12. The number of nitrogens with zero attached hydrogens (tertiary/aromatic N) is 1. The van der Waals surface area contributed by atoms with Crippen LogP contribution in [0.15, 0.2) is 24.3 Å². The van der Waals surface area contributed by atoms with Gasteiger partial charge in [0.05, 0.1) is 11.3 Å². The van der Waals surface area contributed by atoms with Crippen LogP contribution < -0.4 is 5.32 Å². The van der Waals surface area contributed by atoms with Gasteiger partial charge < -0.3 is 5.32 Å². The van der Waals surface area contributed by atoms with Gasteiger partial charge in [-0.2, -0.15) is 5.26 Å². The van der Waals surface area contributed by atoms with E-state index < -0.39 is 0 Å². The van der Waals surface area contributed by atoms with Gasteiger partial charge in [-0.1, -0.05) is 18.6 Å². The van der Waals surface area contributed by atoms with Gasteiger partial charge in [0, 0.05) is 5.92 Å². The van der Waals surface area contributed by atoms with Crippen molar-refractivity contribution in [2.24, 2.45) is 17.8 Å². The lowest BCUT2D eigenvalue weighted by Gasteiger charge is -2.07. The van der Waals surface area contributed by atoms with E-state index in [9.17, 15) is 4.79 Å². The van der Waals surface area contributed by atoms with E-state index in [4.69, 9.17) is 5.26 Å². The number of nitriles is 1. The molecule has 0 saturated heterocycles. The molecule has 2 fully saturated rings. The zero-order chi connectivity index (χ0) is 11.8. The number of anilines is 1. The fourth-order valence-electron chi connectivity index (χ4n) is 3.12. The monoisotopic (exact) mass is 226 g/mol. The SMILES string of the molecule is N#Cc1ccccc1NC(=O)C1C2CCCC21. The molecule has 1 amide bonds. The molecule has 0 heterocycles. The molecule has 86 valence electrons. The highest BCUT2D eigenvalue weighted by Crippen LogP contribution is 2.57. The fraction of sp³-hybridized carbons (Fsp3) is 0.429. The van der Waals surface area contributed by atoms with Crippen LogP contribution in [0.1, 0.15) is 24.8 Å². The van der Waals surface area contributed by atoms with Crippen LogP contribution in [0.2, 0.25) is 0 Å². The Balaban J connectivity index is 1.71. The summed E-state index contributed by atoms with van der Waals surface area (Å²) in [5.41, 5.74) is 1.18. The van der Waals surface area contributed by atoms with E-state index in [1.165, 1.54) is 19.3 Å². The molecule has 2 aliphatic rings. The lowest BCUT2D eigenvalue weighted by Crippen LogP contribution is -2.17. The minimum absolute atomic E-state index is 0.0994. The van der Waals surface area contributed by atoms with Gasteiger partial charge in [-0.05, 0) is 36.8 Å². The Kier molecular flexibility index (Phi) is 2.36. The smallest absolute Gasteiger partial charge is 0.228 e. The lowest BCUT2D eigenvalue weighted by atomic mass is 10.1. The molecule has 2 unspecified atom stereocenters. The molecule has 0 aliphatic heterocycles. The standard InChI is InChI=1S/C14H14N2O/c15-8-9-4-1-2-7-12(9)16-14(17)13-10-5-3-6-11(10)13/h1-2,4,7,10-11,13H,3,5-6H2,(H,16,17). The van der Waals surface area contributed by atoms with Crippen molar-refractivity contribution in [1.82, 2.24) is 0 Å². The number of fused-ring (bicyclic) bond motifs is 1. The summed E-state index contributed by atoms with van der Waals surface area (Å²) in [6.45, 7) is 0. The van der Waals surface area contributed by atoms with Crippen LogP contribution in [-0.2, 0) is 4.79 Å². The van der Waals surface area contributed by atoms with Crippen molar-refractivity contribution in [3.63, 3.8) is 0 Å². The number of benzene rings is 1. The zero-order valence-corrected chi connectivity index (χ0v) is 9.52. The predicted molar refractivity (Wildman–Crippen MR) is 64.1 cm³/mol. The topological polar surface area (TPSA) is 52.9 Å². The Bertz CT molecular complexity index is 493. The minimum atomic E-state index is 0.0994. The maximum atomic E-state index is 12.0. The zero-order valence-electron chi connectivity index (χ0n) is 9.52. The average molecular weight is 226 g/mol. The number of carbonyl (C=O) groups is 1. The van der Waals surface area contributed by atoms with Gasteiger partial charge in [0.15, 0.2) is 0 Å². The molecule has 1 aromatic rings. The van der Waals surface area contributed by atoms with Gasteiger partial charge in [-0.15, -0.1) is 0 Å². The molecule has 3 heteroatoms. The largest absolute Gasteiger partial charge is 0.325 e. The van der Waals surface area contributed by atoms with Gasteiger partial charge >= 0.3 is 0 Å². The number of carbonyl (C=O) groups excluding carboxylic acids is 1. The third-order valence-corrected chi connectivity index (χ3v) is 4.01. The van der Waals surface area contributed by atoms with Crippen LogP contribution >= 0.6 is 0 Å². The molecule has 2 saturated carbocycles. The highest BCUT2D eigenvalue weighted by atomic mass is 16.2. The first kappa shape index (κ1) is 10.3. The van der Waals surface area contributed by atoms with E-state index in [2.05, 4.69) is 11.4 Å². The second-order valence-corrected chi connectivity index (χ2v) is 4.93. The molecular weight excluding hydrogens is 212 g/mol. The van der Waals surface area contributed by atoms with E-state index in [1.807, 2.05) is 6.07 Å². The van der Waals surface area contributed by atoms with Crippen LogP contribution in [0.4, 0.5) is 5.69 Å². The third-order valence-electron chi connectivity index (χ3n) is 4.01. The van der Waals surface area contributed by atoms with Gasteiger partial charge in [-0.25, -0.2) is 0 Å². The normalized spacial score (nSPS) is 29.2. The van der Waals surface area contributed by atoms with E-state index in [0.29, 0.717) is 23.1 Å². The van der Waals surface area contributed by atoms with Crippen LogP contribution in [-0.4, -0.2) is 5.91 Å². The lowest BCUT2D eigenvalue weighted by molar-refractivity contribution is -0.118. The summed E-state index contributed by atoms with van der Waals surface area (Å²) in [6, 6.07) is 9.25. The summed E-state index contributed by atoms with van der Waals surface area (Å²) in [5.74, 6) is 1.53. The number of para-hydroxylation sites is 1. The minimum Gasteiger partial charge on any atom is -0.325 e. The Labute approximate surface area is 100 Å². The molecule has 0 radical (unpaired) electrons. The summed E-state index contributed by atoms with van der Waals surface area (Å²) in [6.07, 6.45) is 3.67. The second kappa shape index (κ2) is 3.89. The quantitative estimate of drug-likeness (QED) is 0.842. The summed E-state index contributed by atoms with van der Waals surface area (Å²) < 4.78 is 0. The summed E-state index contributed by atoms with van der Waals surface area (Å²) in [4.78, 5) is 12.0. The molecule has 0 spiro atoms. The van der Waals surface area contributed by atoms with Gasteiger partial charge in [0.25, 0.3) is 0 Å². The Morgan fingerprint density at radius 1 is 1.29 bits per heavy atom. The first-order valence-electron chi connectivity index (χ1n) is 6.11. The average Bonchev–Trinajstić information content (AvgIpc) is 2.84. The molecule has 3 nitrogen and oxygen atoms in total. The Morgan fingerprint density at radius 2 is 2.00 bits per heavy atom. The molecule has 3 rings (SSSR count). The molecule has 0 bridgehead atoms. The molecule has 2 atom stereocenters. The molecule has 1 aromatic carbocycles. The van der Waals surface area contributed by atoms with E-state index >= 15 is 0 Å². The van der Waals surface area contributed by atoms with Crippen molar-refractivity contribution in [1.29, 1.82) is 5.26 Å². The van der Waals surface area contributed by atoms with Crippen LogP contribution in [0.5, 0.6) is 0 Å². The Hall–Kier alpha value is -1.82. The summed E-state index contributed by atoms with van der Waals surface area (Å²) in [5, 5.41) is 11.8. The van der Waals surface area contributed by atoms with Crippen LogP contribution in [0, 0.1) is 29.1 Å². The third kappa shape index (κ3) is 1.70. The highest BCUT2D eigenvalue weighted by Gasteiger charge is 2.56. The van der Waals surface area contributed by atoms with Crippen molar-refractivity contribution < 1.29 is 4.79 Å². The molecule has 1 N–H and O–H groups in total. The van der Waals surface area contributed by atoms with Crippen molar-refractivity contribution >= 4 is 11.6 Å². The number of amides is 1. The number of nitrogens with one attached hydrogen (secondary N) is 1. The van der Waals surface area contributed by atoms with Crippen molar-refractivity contribution in [2.75, 3.05) is 5.32 Å². The molecule has 0 aromatic heterocycles. The van der Waals surface area contributed by atoms with Gasteiger partial charge in [0.1, 0.15) is 6.07 Å². The van der Waals surface area contributed by atoms with E-state index in [0.717, 1.165) is 0 Å². The number of rotatable bonds is 2. The maximum Gasteiger partial charge on any atom is 0.228 e. The molecular formula is C14H14N2O. The van der Waals surface area contributed by atoms with Gasteiger partial charge in [0.2, 0.25) is 5.91 Å². The highest BCUT2D eigenvalue weighted by molar-refractivity contribution is 5.96. The van der Waals surface area contributed by atoms with Crippen molar-refractivity contribution in [3.05, 3.63) is 29.8 Å². The first-order valence-corrected chi connectivity index (χ1v) is 6.11. The van der Waals surface area contributed by atoms with Crippen LogP contribution in [0.25, 0.3) is 0 Å². The maximum absolute atomic E-state index is 12.0. The predicted octanol–water partition coefficient (Wildman–Crippen LogP) is 2.54. The van der Waals surface area contributed by atoms with Crippen molar-refractivity contribution in [2.45, 2.75) is 19.3 Å². The number of hydrogen-bond donors (Lipinski definition) is 1. The van der Waals surface area contributed by atoms with E-state index in [-0.39, 0.29) is 11.8 Å². The second-order valence-electron chi connectivity index (χ2n) is 4.93. The summed E-state index contributed by atoms with van der Waals surface area (Å²) >= 11 is 0. The molecule has 17 heavy (non-hydrogen) atoms. The van der Waals surface area contributed by atoms with E-state index in [1.54, 1.807) is 18.2 Å². The molecule has 2 aliphatic carbocycles. The Morgan fingerprint density at radius 3 is 2.71 bits per heavy atom. The van der Waals surface area contributed by atoms with Gasteiger partial charge in [-0.3, -0.25) is 4.79 Å². The number of hydrogen-bond acceptors (Lipinski definition) is 2.